The van der Waals surface area contributed by atoms with E-state index in [9.17, 15) is 9.59 Å². The lowest BCUT2D eigenvalue weighted by molar-refractivity contribution is -0.127. The van der Waals surface area contributed by atoms with Crippen LogP contribution < -0.4 is 25.0 Å². The van der Waals surface area contributed by atoms with Crippen LogP contribution in [0.15, 0.2) is 42.5 Å². The Morgan fingerprint density at radius 3 is 2.67 bits per heavy atom. The minimum absolute atomic E-state index is 0.00958. The molecule has 0 unspecified atom stereocenters. The molecule has 0 spiro atoms. The van der Waals surface area contributed by atoms with E-state index >= 15 is 0 Å². The lowest BCUT2D eigenvalue weighted by atomic mass is 9.93. The van der Waals surface area contributed by atoms with Gasteiger partial charge in [-0.3, -0.25) is 4.79 Å². The molecule has 3 amide bonds. The van der Waals surface area contributed by atoms with Gasteiger partial charge in [0.1, 0.15) is 18.1 Å². The average Bonchev–Trinajstić information content (AvgIpc) is 2.80. The van der Waals surface area contributed by atoms with Gasteiger partial charge in [-0.25, -0.2) is 4.79 Å². The third-order valence-corrected chi connectivity index (χ3v) is 4.80. The van der Waals surface area contributed by atoms with E-state index in [1.807, 2.05) is 39.8 Å². The molecule has 2 aromatic carbocycles. The molecule has 7 heteroatoms. The summed E-state index contributed by atoms with van der Waals surface area (Å²) in [5.41, 5.74) is 1.19. The van der Waals surface area contributed by atoms with E-state index in [4.69, 9.17) is 9.47 Å². The highest BCUT2D eigenvalue weighted by molar-refractivity contribution is 6.03. The van der Waals surface area contributed by atoms with Gasteiger partial charge in [-0.1, -0.05) is 19.1 Å². The lowest BCUT2D eigenvalue weighted by Gasteiger charge is -2.27. The Labute approximate surface area is 177 Å². The van der Waals surface area contributed by atoms with Crippen LogP contribution in [-0.4, -0.2) is 31.7 Å². The molecule has 1 aliphatic rings. The zero-order valence-electron chi connectivity index (χ0n) is 18.0. The van der Waals surface area contributed by atoms with Crippen LogP contribution in [0.2, 0.25) is 0 Å². The number of para-hydroxylation sites is 2. The fourth-order valence-corrected chi connectivity index (χ4v) is 3.30. The van der Waals surface area contributed by atoms with Gasteiger partial charge >= 0.3 is 6.03 Å². The van der Waals surface area contributed by atoms with Crippen molar-refractivity contribution in [1.29, 1.82) is 0 Å². The summed E-state index contributed by atoms with van der Waals surface area (Å²) in [7, 11) is 0. The number of urea groups is 1. The summed E-state index contributed by atoms with van der Waals surface area (Å²) in [6, 6.07) is 12.2. The average molecular weight is 412 g/mol. The van der Waals surface area contributed by atoms with Gasteiger partial charge in [0.05, 0.1) is 23.4 Å². The highest BCUT2D eigenvalue weighted by atomic mass is 16.5. The van der Waals surface area contributed by atoms with Crippen molar-refractivity contribution in [3.05, 3.63) is 42.5 Å². The Hall–Kier alpha value is -3.22. The van der Waals surface area contributed by atoms with Crippen molar-refractivity contribution >= 4 is 29.0 Å². The first kappa shape index (κ1) is 21.5. The van der Waals surface area contributed by atoms with E-state index in [0.717, 1.165) is 6.42 Å². The Bertz CT molecular complexity index is 926. The number of hydrogen-bond acceptors (Lipinski definition) is 4. The molecular formula is C23H29N3O4. The van der Waals surface area contributed by atoms with Gasteiger partial charge < -0.3 is 25.0 Å². The van der Waals surface area contributed by atoms with Gasteiger partial charge in [-0.05, 0) is 57.5 Å². The van der Waals surface area contributed by atoms with Crippen molar-refractivity contribution in [3.63, 3.8) is 0 Å². The van der Waals surface area contributed by atoms with Crippen molar-refractivity contribution < 1.29 is 19.1 Å². The smallest absolute Gasteiger partial charge is 0.323 e. The normalized spacial score (nSPS) is 14.9. The van der Waals surface area contributed by atoms with E-state index in [-0.39, 0.29) is 5.91 Å². The minimum Gasteiger partial charge on any atom is -0.492 e. The molecule has 0 fully saturated rings. The first-order valence-corrected chi connectivity index (χ1v) is 10.2. The fraction of sp³-hybridized carbons (Fsp3) is 0.391. The van der Waals surface area contributed by atoms with Crippen molar-refractivity contribution in [2.24, 2.45) is 5.41 Å². The van der Waals surface area contributed by atoms with Crippen LogP contribution in [0.4, 0.5) is 21.9 Å². The zero-order chi connectivity index (χ0) is 21.7. The van der Waals surface area contributed by atoms with Crippen molar-refractivity contribution in [3.8, 4) is 11.5 Å². The molecule has 160 valence electrons. The third kappa shape index (κ3) is 4.67. The van der Waals surface area contributed by atoms with Gasteiger partial charge in [0.2, 0.25) is 5.91 Å². The van der Waals surface area contributed by atoms with Crippen molar-refractivity contribution in [2.45, 2.75) is 34.1 Å². The molecule has 0 bridgehead atoms. The Morgan fingerprint density at radius 2 is 1.93 bits per heavy atom. The molecule has 7 nitrogen and oxygen atoms in total. The highest BCUT2D eigenvalue weighted by Gasteiger charge is 2.37. The molecule has 0 atom stereocenters. The lowest BCUT2D eigenvalue weighted by Crippen LogP contribution is -2.42. The number of carbonyl (C=O) groups is 2. The third-order valence-electron chi connectivity index (χ3n) is 4.80. The number of nitrogens with one attached hydrogen (secondary N) is 2. The van der Waals surface area contributed by atoms with Crippen LogP contribution in [0.25, 0.3) is 0 Å². The van der Waals surface area contributed by atoms with Gasteiger partial charge in [-0.15, -0.1) is 0 Å². The SMILES string of the molecule is CCCN1C(=O)C(C)(C)COc2ccc(NC(=O)Nc3ccccc3OCC)cc21. The Balaban J connectivity index is 1.82. The van der Waals surface area contributed by atoms with Crippen molar-refractivity contribution in [2.75, 3.05) is 35.3 Å². The number of nitrogens with zero attached hydrogens (tertiary/aromatic N) is 1. The second kappa shape index (κ2) is 9.07. The molecule has 2 N–H and O–H groups in total. The number of rotatable bonds is 6. The summed E-state index contributed by atoms with van der Waals surface area (Å²) in [6.07, 6.45) is 0.813. The molecule has 0 aromatic heterocycles. The predicted octanol–water partition coefficient (Wildman–Crippen LogP) is 4.89. The number of carbonyl (C=O) groups excluding carboxylic acids is 2. The molecule has 3 rings (SSSR count). The number of anilines is 3. The van der Waals surface area contributed by atoms with Crippen molar-refractivity contribution in [1.82, 2.24) is 0 Å². The molecule has 2 aromatic rings. The monoisotopic (exact) mass is 411 g/mol. The van der Waals surface area contributed by atoms with Crippen LogP contribution in [0.5, 0.6) is 11.5 Å². The Kier molecular flexibility index (Phi) is 6.50. The maximum atomic E-state index is 13.0. The van der Waals surface area contributed by atoms with E-state index in [1.54, 1.807) is 35.2 Å². The molecule has 0 aliphatic carbocycles. The summed E-state index contributed by atoms with van der Waals surface area (Å²) < 4.78 is 11.4. The number of benzene rings is 2. The maximum absolute atomic E-state index is 13.0. The summed E-state index contributed by atoms with van der Waals surface area (Å²) >= 11 is 0. The van der Waals surface area contributed by atoms with E-state index < -0.39 is 11.4 Å². The quantitative estimate of drug-likeness (QED) is 0.709. The molecule has 30 heavy (non-hydrogen) atoms. The number of hydrogen-bond donors (Lipinski definition) is 2. The highest BCUT2D eigenvalue weighted by Crippen LogP contribution is 2.38. The molecule has 1 heterocycles. The van der Waals surface area contributed by atoms with Crippen LogP contribution >= 0.6 is 0 Å². The van der Waals surface area contributed by atoms with Crippen LogP contribution in [0.1, 0.15) is 34.1 Å². The number of amides is 3. The van der Waals surface area contributed by atoms with Gasteiger partial charge in [0.25, 0.3) is 0 Å². The molecule has 0 saturated carbocycles. The van der Waals surface area contributed by atoms with Gasteiger partial charge in [0.15, 0.2) is 0 Å². The predicted molar refractivity (Wildman–Crippen MR) is 119 cm³/mol. The van der Waals surface area contributed by atoms with E-state index in [0.29, 0.717) is 48.3 Å². The van der Waals surface area contributed by atoms with Crippen LogP contribution in [0.3, 0.4) is 0 Å². The number of ether oxygens (including phenoxy) is 2. The van der Waals surface area contributed by atoms with Crippen LogP contribution in [-0.2, 0) is 4.79 Å². The second-order valence-corrected chi connectivity index (χ2v) is 7.82. The minimum atomic E-state index is -0.623. The topological polar surface area (TPSA) is 79.9 Å². The second-order valence-electron chi connectivity index (χ2n) is 7.82. The van der Waals surface area contributed by atoms with E-state index in [1.165, 1.54) is 0 Å². The van der Waals surface area contributed by atoms with E-state index in [2.05, 4.69) is 10.6 Å². The zero-order valence-corrected chi connectivity index (χ0v) is 18.0. The molecule has 1 aliphatic heterocycles. The van der Waals surface area contributed by atoms with Gasteiger partial charge in [-0.2, -0.15) is 0 Å². The van der Waals surface area contributed by atoms with Gasteiger partial charge in [0, 0.05) is 12.2 Å². The van der Waals surface area contributed by atoms with Crippen LogP contribution in [0, 0.1) is 5.41 Å². The largest absolute Gasteiger partial charge is 0.492 e. The summed E-state index contributed by atoms with van der Waals surface area (Å²) in [4.78, 5) is 27.3. The maximum Gasteiger partial charge on any atom is 0.323 e. The fourth-order valence-electron chi connectivity index (χ4n) is 3.30. The summed E-state index contributed by atoms with van der Waals surface area (Å²) in [5.74, 6) is 1.25. The molecular weight excluding hydrogens is 382 g/mol. The molecule has 0 radical (unpaired) electrons. The first-order valence-electron chi connectivity index (χ1n) is 10.2. The summed E-state index contributed by atoms with van der Waals surface area (Å²) in [6.45, 7) is 9.06. The number of fused-ring (bicyclic) bond motifs is 1. The Morgan fingerprint density at radius 1 is 1.17 bits per heavy atom. The molecule has 0 saturated heterocycles. The standard InChI is InChI=1S/C23H29N3O4/c1-5-13-26-18-14-16(11-12-20(18)30-15-23(3,4)21(26)27)24-22(28)25-17-9-7-8-10-19(17)29-6-2/h7-12,14H,5-6,13,15H2,1-4H3,(H2,24,25,28). The summed E-state index contributed by atoms with van der Waals surface area (Å²) in [5, 5.41) is 5.64. The first-order chi connectivity index (χ1) is 14.4.